The molecule has 260 valence electrons. The zero-order valence-corrected chi connectivity index (χ0v) is 26.3. The van der Waals surface area contributed by atoms with Gasteiger partial charge in [-0.05, 0) is 50.2 Å². The Morgan fingerprint density at radius 3 is 1.67 bits per heavy atom. The predicted octanol–water partition coefficient (Wildman–Crippen LogP) is 5.56. The van der Waals surface area contributed by atoms with Gasteiger partial charge in [-0.1, -0.05) is 12.1 Å². The number of benzene rings is 4. The monoisotopic (exact) mass is 684 g/mol. The molecule has 0 fully saturated rings. The number of nitrogen functional groups attached to an aromatic ring is 2. The zero-order chi connectivity index (χ0) is 36.3. The third-order valence-corrected chi connectivity index (χ3v) is 5.51. The molecule has 17 heteroatoms. The van der Waals surface area contributed by atoms with E-state index in [1.165, 1.54) is 24.3 Å². The molecule has 0 amide bonds. The van der Waals surface area contributed by atoms with Crippen molar-refractivity contribution in [2.24, 2.45) is 0 Å². The summed E-state index contributed by atoms with van der Waals surface area (Å²) in [4.78, 5) is 42.6. The Kier molecular flexibility index (Phi) is 15.5. The molecule has 0 unspecified atom stereocenters. The molecule has 0 radical (unpaired) electrons. The number of hydrogen-bond acceptors (Lipinski definition) is 14. The van der Waals surface area contributed by atoms with E-state index in [4.69, 9.17) is 35.5 Å². The van der Waals surface area contributed by atoms with Gasteiger partial charge in [-0.25, -0.2) is 14.0 Å². The molecule has 4 rings (SSSR count). The van der Waals surface area contributed by atoms with Crippen molar-refractivity contribution in [2.45, 2.75) is 13.8 Å². The van der Waals surface area contributed by atoms with E-state index >= 15 is 0 Å². The number of rotatable bonds is 12. The van der Waals surface area contributed by atoms with Crippen molar-refractivity contribution < 1.29 is 52.6 Å². The van der Waals surface area contributed by atoms with Crippen molar-refractivity contribution in [1.29, 1.82) is 0 Å². The minimum atomic E-state index is -0.722. The van der Waals surface area contributed by atoms with Gasteiger partial charge in [0.05, 0.1) is 23.1 Å². The van der Waals surface area contributed by atoms with Gasteiger partial charge >= 0.3 is 23.3 Å². The Labute approximate surface area is 278 Å². The highest BCUT2D eigenvalue weighted by atomic mass is 19.1. The van der Waals surface area contributed by atoms with Crippen LogP contribution in [0, 0.1) is 26.0 Å². The van der Waals surface area contributed by atoms with E-state index in [1.807, 2.05) is 0 Å². The standard InChI is InChI=1S/C16H16N2O6.C10H10FNO5.C6H7NO/c1-2-22-16(19)10-23-15-9-13(6-7-14(15)18(20)21)24-12-5-3-4-11(17)8-12;1-2-16-10(13)6-17-9-5-7(11)3-4-8(9)12(14)15;7-5-2-1-3-6(8)4-5/h3-9H,2,10,17H2,1H3;3-5H,2,6H2,1H3;1-4,8H,7H2. The molecule has 0 bridgehead atoms. The summed E-state index contributed by atoms with van der Waals surface area (Å²) in [5, 5.41) is 30.4. The lowest BCUT2D eigenvalue weighted by atomic mass is 10.2. The first-order valence-electron chi connectivity index (χ1n) is 14.2. The van der Waals surface area contributed by atoms with Crippen LogP contribution < -0.4 is 25.7 Å². The number of carbonyl (C=O) groups excluding carboxylic acids is 2. The van der Waals surface area contributed by atoms with Gasteiger partial charge in [0.25, 0.3) is 0 Å². The summed E-state index contributed by atoms with van der Waals surface area (Å²) >= 11 is 0. The second-order valence-electron chi connectivity index (χ2n) is 9.21. The van der Waals surface area contributed by atoms with Crippen LogP contribution in [-0.4, -0.2) is 53.3 Å². The maximum absolute atomic E-state index is 12.9. The number of nitro benzene ring substituents is 2. The number of aromatic hydroxyl groups is 1. The Bertz CT molecular complexity index is 1720. The molecule has 0 atom stereocenters. The number of halogens is 1. The van der Waals surface area contributed by atoms with E-state index in [-0.39, 0.29) is 36.1 Å². The Morgan fingerprint density at radius 2 is 1.20 bits per heavy atom. The number of nitrogens with zero attached hydrogens (tertiary/aromatic N) is 2. The SMILES string of the molecule is CCOC(=O)COc1cc(F)ccc1[N+](=O)[O-].CCOC(=O)COc1cc(Oc2cccc(N)c2)ccc1[N+](=O)[O-].Nc1cccc(O)c1. The van der Waals surface area contributed by atoms with E-state index in [9.17, 15) is 34.2 Å². The number of anilines is 2. The molecular formula is C32H33FN4O12. The summed E-state index contributed by atoms with van der Waals surface area (Å²) in [7, 11) is 0. The van der Waals surface area contributed by atoms with Gasteiger partial charge in [-0.3, -0.25) is 20.2 Å². The number of phenolic OH excluding ortho intramolecular Hbond substituents is 1. The Morgan fingerprint density at radius 1 is 0.714 bits per heavy atom. The van der Waals surface area contributed by atoms with Crippen LogP contribution in [0.15, 0.2) is 84.9 Å². The third kappa shape index (κ3) is 14.1. The fourth-order valence-electron chi connectivity index (χ4n) is 3.50. The van der Waals surface area contributed by atoms with Crippen LogP contribution >= 0.6 is 0 Å². The van der Waals surface area contributed by atoms with Gasteiger partial charge in [0.15, 0.2) is 13.2 Å². The zero-order valence-electron chi connectivity index (χ0n) is 26.3. The molecule has 4 aromatic carbocycles. The lowest BCUT2D eigenvalue weighted by Crippen LogP contribution is -2.15. The molecule has 16 nitrogen and oxygen atoms in total. The molecule has 0 saturated carbocycles. The summed E-state index contributed by atoms with van der Waals surface area (Å²) in [6.45, 7) is 2.70. The first-order valence-corrected chi connectivity index (χ1v) is 14.2. The van der Waals surface area contributed by atoms with Crippen molar-refractivity contribution in [3.8, 4) is 28.7 Å². The fraction of sp³-hybridized carbons (Fsp3) is 0.188. The minimum Gasteiger partial charge on any atom is -0.508 e. The van der Waals surface area contributed by atoms with Crippen LogP contribution in [-0.2, 0) is 19.1 Å². The fourth-order valence-corrected chi connectivity index (χ4v) is 3.50. The third-order valence-electron chi connectivity index (χ3n) is 5.51. The number of nitrogens with two attached hydrogens (primary N) is 2. The summed E-state index contributed by atoms with van der Waals surface area (Å²) in [6, 6.07) is 20.0. The molecule has 5 N–H and O–H groups in total. The van der Waals surface area contributed by atoms with Crippen LogP contribution in [0.2, 0.25) is 0 Å². The Hall–Kier alpha value is -6.65. The molecule has 49 heavy (non-hydrogen) atoms. The van der Waals surface area contributed by atoms with Crippen LogP contribution in [0.3, 0.4) is 0 Å². The highest BCUT2D eigenvalue weighted by Gasteiger charge is 2.19. The van der Waals surface area contributed by atoms with Crippen molar-refractivity contribution in [1.82, 2.24) is 0 Å². The minimum absolute atomic E-state index is 0.0885. The number of nitro groups is 2. The van der Waals surface area contributed by atoms with Crippen molar-refractivity contribution in [3.63, 3.8) is 0 Å². The van der Waals surface area contributed by atoms with Gasteiger partial charge in [-0.2, -0.15) is 0 Å². The summed E-state index contributed by atoms with van der Waals surface area (Å²) in [6.07, 6.45) is 0. The number of esters is 2. The van der Waals surface area contributed by atoms with Crippen LogP contribution in [0.25, 0.3) is 0 Å². The van der Waals surface area contributed by atoms with Crippen molar-refractivity contribution in [3.05, 3.63) is 111 Å². The molecule has 0 heterocycles. The van der Waals surface area contributed by atoms with Gasteiger partial charge < -0.3 is 40.3 Å². The van der Waals surface area contributed by atoms with Crippen molar-refractivity contribution >= 4 is 34.7 Å². The second-order valence-corrected chi connectivity index (χ2v) is 9.21. The lowest BCUT2D eigenvalue weighted by Gasteiger charge is -2.10. The molecule has 0 aromatic heterocycles. The normalized spacial score (nSPS) is 9.78. The number of ether oxygens (including phenoxy) is 5. The molecule has 0 saturated heterocycles. The molecule has 0 aliphatic rings. The molecule has 0 aliphatic heterocycles. The Balaban J connectivity index is 0.000000288. The average Bonchev–Trinajstić information content (AvgIpc) is 3.03. The molecular weight excluding hydrogens is 651 g/mol. The van der Waals surface area contributed by atoms with Gasteiger partial charge in [0.1, 0.15) is 23.1 Å². The lowest BCUT2D eigenvalue weighted by molar-refractivity contribution is -0.386. The van der Waals surface area contributed by atoms with Gasteiger partial charge in [0, 0.05) is 47.8 Å². The van der Waals surface area contributed by atoms with Crippen LogP contribution in [0.4, 0.5) is 27.1 Å². The van der Waals surface area contributed by atoms with Gasteiger partial charge in [0.2, 0.25) is 11.5 Å². The van der Waals surface area contributed by atoms with Crippen molar-refractivity contribution in [2.75, 3.05) is 37.9 Å². The van der Waals surface area contributed by atoms with Crippen LogP contribution in [0.5, 0.6) is 28.7 Å². The first-order chi connectivity index (χ1) is 23.3. The van der Waals surface area contributed by atoms with E-state index < -0.39 is 46.5 Å². The van der Waals surface area contributed by atoms with E-state index in [0.717, 1.165) is 18.2 Å². The maximum Gasteiger partial charge on any atom is 0.344 e. The van der Waals surface area contributed by atoms with E-state index in [2.05, 4.69) is 4.74 Å². The molecule has 4 aromatic rings. The second kappa shape index (κ2) is 19.8. The number of hydrogen-bond donors (Lipinski definition) is 3. The van der Waals surface area contributed by atoms with E-state index in [0.29, 0.717) is 22.9 Å². The predicted molar refractivity (Wildman–Crippen MR) is 174 cm³/mol. The molecule has 0 spiro atoms. The highest BCUT2D eigenvalue weighted by molar-refractivity contribution is 5.71. The average molecular weight is 685 g/mol. The largest absolute Gasteiger partial charge is 0.508 e. The highest BCUT2D eigenvalue weighted by Crippen LogP contribution is 2.33. The number of carbonyl (C=O) groups is 2. The molecule has 0 aliphatic carbocycles. The topological polar surface area (TPSA) is 239 Å². The first kappa shape index (κ1) is 38.5. The summed E-state index contributed by atoms with van der Waals surface area (Å²) in [5.41, 5.74) is 11.4. The van der Waals surface area contributed by atoms with E-state index in [1.54, 1.807) is 56.3 Å². The maximum atomic E-state index is 12.9. The number of phenols is 1. The smallest absolute Gasteiger partial charge is 0.344 e. The van der Waals surface area contributed by atoms with Gasteiger partial charge in [-0.15, -0.1) is 0 Å². The van der Waals surface area contributed by atoms with Crippen LogP contribution in [0.1, 0.15) is 13.8 Å². The summed E-state index contributed by atoms with van der Waals surface area (Å²) in [5.74, 6) is -1.37. The summed E-state index contributed by atoms with van der Waals surface area (Å²) < 4.78 is 37.8. The quantitative estimate of drug-likeness (QED) is 0.0716.